The van der Waals surface area contributed by atoms with Gasteiger partial charge in [0.25, 0.3) is 0 Å². The fraction of sp³-hybridized carbons (Fsp3) is 0.222. The van der Waals surface area contributed by atoms with Crippen molar-refractivity contribution in [3.8, 4) is 0 Å². The van der Waals surface area contributed by atoms with Gasteiger partial charge in [-0.1, -0.05) is 6.08 Å². The Labute approximate surface area is 86.2 Å². The first-order valence-corrected chi connectivity index (χ1v) is 4.73. The molecule has 1 atom stereocenters. The van der Waals surface area contributed by atoms with E-state index in [9.17, 15) is 0 Å². The predicted octanol–water partition coefficient (Wildman–Crippen LogP) is 2.41. The maximum absolute atomic E-state index is 5.74. The van der Waals surface area contributed by atoms with Crippen LogP contribution in [0.15, 0.2) is 29.4 Å². The molecule has 1 rings (SSSR count). The Balaban J connectivity index is 2.83. The first kappa shape index (κ1) is 10.1. The zero-order chi connectivity index (χ0) is 9.84. The van der Waals surface area contributed by atoms with E-state index in [-0.39, 0.29) is 6.04 Å². The number of nitrogen functional groups attached to an aromatic ring is 1. The monoisotopic (exact) mass is 241 g/mol. The summed E-state index contributed by atoms with van der Waals surface area (Å²) < 4.78 is 0.877. The molecular weight excluding hydrogens is 230 g/mol. The van der Waals surface area contributed by atoms with Crippen LogP contribution in [0.25, 0.3) is 0 Å². The molecule has 3 N–H and O–H groups in total. The molecule has 0 radical (unpaired) electrons. The van der Waals surface area contributed by atoms with Crippen molar-refractivity contribution in [2.75, 3.05) is 11.1 Å². The number of nitrogens with zero attached hydrogens (tertiary/aromatic N) is 1. The van der Waals surface area contributed by atoms with Crippen molar-refractivity contribution >= 4 is 27.4 Å². The first-order chi connectivity index (χ1) is 6.13. The molecule has 1 unspecified atom stereocenters. The summed E-state index contributed by atoms with van der Waals surface area (Å²) in [7, 11) is 0. The Morgan fingerprint density at radius 2 is 2.46 bits per heavy atom. The minimum absolute atomic E-state index is 0.163. The third-order valence-electron chi connectivity index (χ3n) is 1.60. The van der Waals surface area contributed by atoms with Crippen molar-refractivity contribution in [1.29, 1.82) is 0 Å². The molecule has 0 bridgehead atoms. The molecule has 0 aliphatic rings. The number of nitrogens with one attached hydrogen (secondary N) is 1. The van der Waals surface area contributed by atoms with Crippen LogP contribution in [0.3, 0.4) is 0 Å². The van der Waals surface area contributed by atoms with E-state index in [1.165, 1.54) is 0 Å². The van der Waals surface area contributed by atoms with E-state index in [0.29, 0.717) is 11.5 Å². The third kappa shape index (κ3) is 2.73. The van der Waals surface area contributed by atoms with Gasteiger partial charge in [0.05, 0.1) is 5.69 Å². The smallest absolute Gasteiger partial charge is 0.149 e. The second-order valence-electron chi connectivity index (χ2n) is 2.76. The molecule has 13 heavy (non-hydrogen) atoms. The maximum atomic E-state index is 5.74. The van der Waals surface area contributed by atoms with Crippen molar-refractivity contribution in [2.45, 2.75) is 13.0 Å². The van der Waals surface area contributed by atoms with Crippen LogP contribution in [0.4, 0.5) is 11.5 Å². The van der Waals surface area contributed by atoms with Gasteiger partial charge in [0, 0.05) is 16.7 Å². The van der Waals surface area contributed by atoms with Gasteiger partial charge in [0.2, 0.25) is 0 Å². The van der Waals surface area contributed by atoms with Crippen LogP contribution in [0.5, 0.6) is 0 Å². The molecule has 0 aliphatic heterocycles. The fourth-order valence-electron chi connectivity index (χ4n) is 0.850. The van der Waals surface area contributed by atoms with Gasteiger partial charge >= 0.3 is 0 Å². The number of hydrogen-bond donors (Lipinski definition) is 2. The zero-order valence-corrected chi connectivity index (χ0v) is 9.01. The quantitative estimate of drug-likeness (QED) is 0.800. The van der Waals surface area contributed by atoms with Crippen LogP contribution in [0, 0.1) is 0 Å². The van der Waals surface area contributed by atoms with E-state index < -0.39 is 0 Å². The van der Waals surface area contributed by atoms with Gasteiger partial charge in [-0.25, -0.2) is 4.98 Å². The lowest BCUT2D eigenvalue weighted by Gasteiger charge is -2.11. The Morgan fingerprint density at radius 3 is 3.00 bits per heavy atom. The van der Waals surface area contributed by atoms with Gasteiger partial charge < -0.3 is 11.1 Å². The summed E-state index contributed by atoms with van der Waals surface area (Å²) in [4.78, 5) is 4.13. The molecular formula is C9H12BrN3. The van der Waals surface area contributed by atoms with Crippen molar-refractivity contribution < 1.29 is 0 Å². The minimum atomic E-state index is 0.163. The fourth-order valence-corrected chi connectivity index (χ4v) is 1.20. The van der Waals surface area contributed by atoms with Gasteiger partial charge in [-0.2, -0.15) is 0 Å². The lowest BCUT2D eigenvalue weighted by atomic mass is 10.3. The molecule has 1 aromatic heterocycles. The largest absolute Gasteiger partial charge is 0.396 e. The lowest BCUT2D eigenvalue weighted by Crippen LogP contribution is -2.13. The van der Waals surface area contributed by atoms with Crippen molar-refractivity contribution in [2.24, 2.45) is 0 Å². The molecule has 1 heterocycles. The van der Waals surface area contributed by atoms with Crippen LogP contribution in [-0.2, 0) is 0 Å². The van der Waals surface area contributed by atoms with Crippen molar-refractivity contribution in [3.63, 3.8) is 0 Å². The summed E-state index contributed by atoms with van der Waals surface area (Å²) in [5.41, 5.74) is 6.36. The summed E-state index contributed by atoms with van der Waals surface area (Å²) in [5, 5.41) is 3.11. The van der Waals surface area contributed by atoms with E-state index >= 15 is 0 Å². The standard InChI is InChI=1S/C9H12BrN3/c1-3-6(2)13-9-8(11)4-7(10)5-12-9/h3-6H,1,11H2,2H3,(H,12,13). The Hall–Kier alpha value is -1.03. The van der Waals surface area contributed by atoms with Crippen LogP contribution in [0.2, 0.25) is 0 Å². The average molecular weight is 242 g/mol. The van der Waals surface area contributed by atoms with Gasteiger partial charge in [-0.3, -0.25) is 0 Å². The van der Waals surface area contributed by atoms with E-state index in [1.54, 1.807) is 12.3 Å². The molecule has 0 saturated carbocycles. The summed E-state index contributed by atoms with van der Waals surface area (Å²) in [6, 6.07) is 1.97. The van der Waals surface area contributed by atoms with Gasteiger partial charge in [0.15, 0.2) is 0 Å². The zero-order valence-electron chi connectivity index (χ0n) is 7.42. The summed E-state index contributed by atoms with van der Waals surface area (Å²) in [6.07, 6.45) is 3.50. The first-order valence-electron chi connectivity index (χ1n) is 3.93. The number of rotatable bonds is 3. The molecule has 0 fully saturated rings. The lowest BCUT2D eigenvalue weighted by molar-refractivity contribution is 0.985. The van der Waals surface area contributed by atoms with Gasteiger partial charge in [0.1, 0.15) is 5.82 Å². The highest BCUT2D eigenvalue weighted by Gasteiger charge is 2.02. The maximum Gasteiger partial charge on any atom is 0.149 e. The van der Waals surface area contributed by atoms with Gasteiger partial charge in [-0.05, 0) is 28.9 Å². The second kappa shape index (κ2) is 4.28. The number of hydrogen-bond acceptors (Lipinski definition) is 3. The molecule has 3 nitrogen and oxygen atoms in total. The van der Waals surface area contributed by atoms with Crippen LogP contribution >= 0.6 is 15.9 Å². The number of anilines is 2. The minimum Gasteiger partial charge on any atom is -0.396 e. The Morgan fingerprint density at radius 1 is 1.77 bits per heavy atom. The highest BCUT2D eigenvalue weighted by molar-refractivity contribution is 9.10. The Bertz CT molecular complexity index is 312. The molecule has 0 amide bonds. The van der Waals surface area contributed by atoms with E-state index in [1.807, 2.05) is 13.0 Å². The normalized spacial score (nSPS) is 12.2. The summed E-state index contributed by atoms with van der Waals surface area (Å²) in [5.74, 6) is 0.690. The predicted molar refractivity (Wildman–Crippen MR) is 59.6 cm³/mol. The highest BCUT2D eigenvalue weighted by atomic mass is 79.9. The molecule has 1 aromatic rings. The summed E-state index contributed by atoms with van der Waals surface area (Å²) >= 11 is 3.29. The molecule has 0 saturated heterocycles. The molecule has 70 valence electrons. The molecule has 0 aromatic carbocycles. The number of halogens is 1. The second-order valence-corrected chi connectivity index (χ2v) is 3.68. The molecule has 4 heteroatoms. The third-order valence-corrected chi connectivity index (χ3v) is 2.04. The van der Waals surface area contributed by atoms with Crippen LogP contribution < -0.4 is 11.1 Å². The van der Waals surface area contributed by atoms with E-state index in [2.05, 4.69) is 32.8 Å². The van der Waals surface area contributed by atoms with Gasteiger partial charge in [-0.15, -0.1) is 6.58 Å². The summed E-state index contributed by atoms with van der Waals surface area (Å²) in [6.45, 7) is 5.65. The highest BCUT2D eigenvalue weighted by Crippen LogP contribution is 2.20. The number of nitrogens with two attached hydrogens (primary N) is 1. The number of pyridine rings is 1. The van der Waals surface area contributed by atoms with Crippen molar-refractivity contribution in [3.05, 3.63) is 29.4 Å². The van der Waals surface area contributed by atoms with Crippen molar-refractivity contribution in [1.82, 2.24) is 4.98 Å². The van der Waals surface area contributed by atoms with E-state index in [0.717, 1.165) is 4.47 Å². The van der Waals surface area contributed by atoms with E-state index in [4.69, 9.17) is 5.73 Å². The number of aromatic nitrogens is 1. The molecule has 0 spiro atoms. The Kier molecular flexibility index (Phi) is 3.31. The topological polar surface area (TPSA) is 50.9 Å². The molecule has 0 aliphatic carbocycles. The SMILES string of the molecule is C=CC(C)Nc1ncc(Br)cc1N. The van der Waals surface area contributed by atoms with Crippen LogP contribution in [0.1, 0.15) is 6.92 Å². The average Bonchev–Trinajstić information content (AvgIpc) is 2.09. The van der Waals surface area contributed by atoms with Crippen LogP contribution in [-0.4, -0.2) is 11.0 Å².